The van der Waals surface area contributed by atoms with Gasteiger partial charge in [-0.3, -0.25) is 4.90 Å². The van der Waals surface area contributed by atoms with Gasteiger partial charge in [0, 0.05) is 49.0 Å². The van der Waals surface area contributed by atoms with Gasteiger partial charge in [0.05, 0.1) is 24.5 Å². The maximum Gasteiger partial charge on any atom is 0.419 e. The van der Waals surface area contributed by atoms with Crippen LogP contribution in [-0.4, -0.2) is 51.3 Å². The standard InChI is InChI=1S/C23H30F3N5O/c1-14(2)7-20-29-18(15-8-17(23(24,25)26)21(27)28-12-15)13-31(20)19-11-22(9-16(19)10-22)30-3-5-32-6-4-30/h8,12-14,16,19H,3-7,9-11H2,1-2H3,(H2,27,28). The number of fused-ring (bicyclic) bond motifs is 1. The molecule has 3 saturated carbocycles. The van der Waals surface area contributed by atoms with E-state index in [-0.39, 0.29) is 5.54 Å². The fourth-order valence-corrected chi connectivity index (χ4v) is 5.88. The van der Waals surface area contributed by atoms with Crippen LogP contribution in [0.1, 0.15) is 50.5 Å². The molecular weight excluding hydrogens is 419 g/mol. The number of halogens is 3. The van der Waals surface area contributed by atoms with Crippen LogP contribution in [0.2, 0.25) is 0 Å². The topological polar surface area (TPSA) is 69.2 Å². The van der Waals surface area contributed by atoms with Gasteiger partial charge in [0.25, 0.3) is 0 Å². The number of anilines is 1. The third-order valence-corrected chi connectivity index (χ3v) is 7.38. The molecule has 0 radical (unpaired) electrons. The van der Waals surface area contributed by atoms with Crippen molar-refractivity contribution >= 4 is 5.82 Å². The first-order chi connectivity index (χ1) is 15.2. The molecule has 6 nitrogen and oxygen atoms in total. The number of rotatable bonds is 5. The normalized spacial score (nSPS) is 28.3. The summed E-state index contributed by atoms with van der Waals surface area (Å²) in [5.74, 6) is 1.41. The summed E-state index contributed by atoms with van der Waals surface area (Å²) in [6, 6.07) is 1.40. The quantitative estimate of drug-likeness (QED) is 0.742. The van der Waals surface area contributed by atoms with Crippen LogP contribution in [-0.2, 0) is 17.3 Å². The molecule has 1 unspecified atom stereocenters. The van der Waals surface area contributed by atoms with E-state index in [0.717, 1.165) is 51.0 Å². The highest BCUT2D eigenvalue weighted by Gasteiger charge is 2.59. The molecule has 4 aliphatic rings. The van der Waals surface area contributed by atoms with E-state index in [1.807, 2.05) is 6.20 Å². The van der Waals surface area contributed by atoms with Crippen LogP contribution in [0.15, 0.2) is 18.5 Å². The molecule has 2 N–H and O–H groups in total. The van der Waals surface area contributed by atoms with E-state index < -0.39 is 17.6 Å². The van der Waals surface area contributed by atoms with E-state index in [1.54, 1.807) is 0 Å². The summed E-state index contributed by atoms with van der Waals surface area (Å²) < 4.78 is 47.9. The van der Waals surface area contributed by atoms with Crippen LogP contribution in [0.3, 0.4) is 0 Å². The second-order valence-corrected chi connectivity index (χ2v) is 9.97. The molecule has 3 aliphatic carbocycles. The molecule has 6 rings (SSSR count). The lowest BCUT2D eigenvalue weighted by atomic mass is 9.75. The van der Waals surface area contributed by atoms with Crippen molar-refractivity contribution in [3.05, 3.63) is 29.8 Å². The van der Waals surface area contributed by atoms with Gasteiger partial charge in [-0.05, 0) is 37.2 Å². The first-order valence-corrected chi connectivity index (χ1v) is 11.4. The molecule has 4 fully saturated rings. The number of nitrogens with two attached hydrogens (primary N) is 1. The third kappa shape index (κ3) is 3.69. The molecule has 1 atom stereocenters. The van der Waals surface area contributed by atoms with Crippen molar-refractivity contribution in [2.45, 2.75) is 57.3 Å². The fraction of sp³-hybridized carbons (Fsp3) is 0.652. The van der Waals surface area contributed by atoms with E-state index in [4.69, 9.17) is 15.5 Å². The third-order valence-electron chi connectivity index (χ3n) is 7.38. The molecule has 0 aromatic carbocycles. The van der Waals surface area contributed by atoms with Gasteiger partial charge in [0.1, 0.15) is 11.6 Å². The highest BCUT2D eigenvalue weighted by Crippen LogP contribution is 2.61. The molecule has 174 valence electrons. The van der Waals surface area contributed by atoms with Gasteiger partial charge in [-0.1, -0.05) is 13.8 Å². The second-order valence-electron chi connectivity index (χ2n) is 9.97. The highest BCUT2D eigenvalue weighted by atomic mass is 19.4. The largest absolute Gasteiger partial charge is 0.419 e. The Morgan fingerprint density at radius 1 is 1.22 bits per heavy atom. The monoisotopic (exact) mass is 449 g/mol. The van der Waals surface area contributed by atoms with Crippen LogP contribution in [0.5, 0.6) is 0 Å². The summed E-state index contributed by atoms with van der Waals surface area (Å²) in [7, 11) is 0. The maximum absolute atomic E-state index is 13.4. The molecular formula is C23H30F3N5O. The number of ether oxygens (including phenoxy) is 1. The Kier molecular flexibility index (Phi) is 5.24. The Bertz CT molecular complexity index is 990. The van der Waals surface area contributed by atoms with Crippen molar-refractivity contribution in [1.29, 1.82) is 0 Å². The Morgan fingerprint density at radius 3 is 2.59 bits per heavy atom. The summed E-state index contributed by atoms with van der Waals surface area (Å²) in [6.07, 6.45) is 2.97. The average molecular weight is 450 g/mol. The molecule has 2 aromatic rings. The van der Waals surface area contributed by atoms with Gasteiger partial charge in [0.2, 0.25) is 0 Å². The molecule has 0 spiro atoms. The van der Waals surface area contributed by atoms with Crippen molar-refractivity contribution < 1.29 is 17.9 Å². The van der Waals surface area contributed by atoms with Gasteiger partial charge < -0.3 is 15.0 Å². The number of nitrogen functional groups attached to an aromatic ring is 1. The molecule has 2 bridgehead atoms. The van der Waals surface area contributed by atoms with E-state index >= 15 is 0 Å². The maximum atomic E-state index is 13.4. The first-order valence-electron chi connectivity index (χ1n) is 11.4. The Labute approximate surface area is 186 Å². The zero-order valence-corrected chi connectivity index (χ0v) is 18.5. The molecule has 32 heavy (non-hydrogen) atoms. The van der Waals surface area contributed by atoms with Crippen LogP contribution in [0.25, 0.3) is 11.3 Å². The van der Waals surface area contributed by atoms with E-state index in [0.29, 0.717) is 29.1 Å². The van der Waals surface area contributed by atoms with Crippen LogP contribution < -0.4 is 5.73 Å². The minimum atomic E-state index is -4.55. The number of imidazole rings is 1. The molecule has 3 heterocycles. The second kappa shape index (κ2) is 7.73. The number of morpholine rings is 1. The fourth-order valence-electron chi connectivity index (χ4n) is 5.88. The van der Waals surface area contributed by atoms with Crippen molar-refractivity contribution in [2.75, 3.05) is 32.0 Å². The molecule has 2 aromatic heterocycles. The van der Waals surface area contributed by atoms with Gasteiger partial charge in [0.15, 0.2) is 0 Å². The van der Waals surface area contributed by atoms with E-state index in [9.17, 15) is 13.2 Å². The summed E-state index contributed by atoms with van der Waals surface area (Å²) in [5.41, 5.74) is 5.70. The zero-order chi connectivity index (χ0) is 22.7. The lowest BCUT2D eigenvalue weighted by molar-refractivity contribution is -0.137. The number of nitrogens with zero attached hydrogens (tertiary/aromatic N) is 4. The molecule has 1 saturated heterocycles. The van der Waals surface area contributed by atoms with Gasteiger partial charge in [-0.15, -0.1) is 0 Å². The number of alkyl halides is 3. The van der Waals surface area contributed by atoms with Crippen molar-refractivity contribution in [1.82, 2.24) is 19.4 Å². The Hall–Kier alpha value is -2.13. The SMILES string of the molecule is CC(C)Cc1nc(-c2cnc(N)c(C(F)(F)F)c2)cn1C1CC2(N3CCOCC3)CC1C2. The summed E-state index contributed by atoms with van der Waals surface area (Å²) in [5, 5.41) is 0. The van der Waals surface area contributed by atoms with Crippen molar-refractivity contribution in [3.8, 4) is 11.3 Å². The number of hydrogen-bond acceptors (Lipinski definition) is 5. The minimum absolute atomic E-state index is 0.241. The van der Waals surface area contributed by atoms with Crippen LogP contribution >= 0.6 is 0 Å². The van der Waals surface area contributed by atoms with Crippen LogP contribution in [0, 0.1) is 11.8 Å². The van der Waals surface area contributed by atoms with Crippen molar-refractivity contribution in [3.63, 3.8) is 0 Å². The number of pyridine rings is 1. The summed E-state index contributed by atoms with van der Waals surface area (Å²) >= 11 is 0. The number of aromatic nitrogens is 3. The van der Waals surface area contributed by atoms with Gasteiger partial charge in [-0.25, -0.2) is 9.97 Å². The predicted octanol–water partition coefficient (Wildman–Crippen LogP) is 4.17. The number of hydrogen-bond donors (Lipinski definition) is 1. The van der Waals surface area contributed by atoms with Gasteiger partial charge >= 0.3 is 6.18 Å². The van der Waals surface area contributed by atoms with E-state index in [2.05, 4.69) is 28.3 Å². The Balaban J connectivity index is 1.47. The highest BCUT2D eigenvalue weighted by molar-refractivity contribution is 5.62. The van der Waals surface area contributed by atoms with E-state index in [1.165, 1.54) is 19.0 Å². The smallest absolute Gasteiger partial charge is 0.383 e. The summed E-state index contributed by atoms with van der Waals surface area (Å²) in [4.78, 5) is 11.2. The van der Waals surface area contributed by atoms with Gasteiger partial charge in [-0.2, -0.15) is 13.2 Å². The lowest BCUT2D eigenvalue weighted by Crippen LogP contribution is -2.56. The molecule has 0 amide bonds. The zero-order valence-electron chi connectivity index (χ0n) is 18.5. The Morgan fingerprint density at radius 2 is 1.94 bits per heavy atom. The molecule has 1 aliphatic heterocycles. The summed E-state index contributed by atoms with van der Waals surface area (Å²) in [6.45, 7) is 7.80. The lowest BCUT2D eigenvalue weighted by Gasteiger charge is -2.49. The first kappa shape index (κ1) is 21.7. The van der Waals surface area contributed by atoms with Crippen LogP contribution in [0.4, 0.5) is 19.0 Å². The predicted molar refractivity (Wildman–Crippen MR) is 115 cm³/mol. The average Bonchev–Trinajstić information content (AvgIpc) is 3.39. The van der Waals surface area contributed by atoms with Crippen molar-refractivity contribution in [2.24, 2.45) is 11.8 Å². The molecule has 9 heteroatoms. The minimum Gasteiger partial charge on any atom is -0.383 e.